The molecule has 1 aromatic carbocycles. The van der Waals surface area contributed by atoms with E-state index in [9.17, 15) is 4.79 Å². The Balaban J connectivity index is 1.52. The predicted molar refractivity (Wildman–Crippen MR) is 92.6 cm³/mol. The number of carbonyl (C=O) groups excluding carboxylic acids is 1. The standard InChI is InChI=1S/C17H23N3OS/c1-3-4-5-8-18-16(21)13-10-20(11-13)17-19-14-7-6-12(2)9-15(14)22-17/h6-7,9,13H,3-5,8,10-11H2,1-2H3,(H,18,21). The van der Waals surface area contributed by atoms with Crippen LogP contribution in [0, 0.1) is 12.8 Å². The fraction of sp³-hybridized carbons (Fsp3) is 0.529. The van der Waals surface area contributed by atoms with Crippen molar-refractivity contribution in [2.75, 3.05) is 24.5 Å². The molecule has 0 atom stereocenters. The minimum absolute atomic E-state index is 0.121. The monoisotopic (exact) mass is 317 g/mol. The largest absolute Gasteiger partial charge is 0.356 e. The molecule has 4 nitrogen and oxygen atoms in total. The van der Waals surface area contributed by atoms with Gasteiger partial charge < -0.3 is 10.2 Å². The number of rotatable bonds is 6. The summed E-state index contributed by atoms with van der Waals surface area (Å²) in [4.78, 5) is 18.9. The lowest BCUT2D eigenvalue weighted by Crippen LogP contribution is -2.53. The van der Waals surface area contributed by atoms with Crippen LogP contribution in [0.2, 0.25) is 0 Å². The van der Waals surface area contributed by atoms with Crippen molar-refractivity contribution in [2.45, 2.75) is 33.1 Å². The average molecular weight is 317 g/mol. The molecule has 1 N–H and O–H groups in total. The molecule has 3 rings (SSSR count). The summed E-state index contributed by atoms with van der Waals surface area (Å²) in [6.45, 7) is 6.66. The summed E-state index contributed by atoms with van der Waals surface area (Å²) in [5, 5.41) is 4.08. The molecule has 1 fully saturated rings. The van der Waals surface area contributed by atoms with Crippen LogP contribution in [0.3, 0.4) is 0 Å². The van der Waals surface area contributed by atoms with Gasteiger partial charge in [0.15, 0.2) is 5.13 Å². The molecule has 118 valence electrons. The summed E-state index contributed by atoms with van der Waals surface area (Å²) in [6, 6.07) is 6.34. The molecule has 2 aromatic rings. The zero-order valence-corrected chi connectivity index (χ0v) is 14.1. The highest BCUT2D eigenvalue weighted by molar-refractivity contribution is 7.22. The topological polar surface area (TPSA) is 45.2 Å². The Hall–Kier alpha value is -1.62. The van der Waals surface area contributed by atoms with E-state index in [1.165, 1.54) is 23.1 Å². The van der Waals surface area contributed by atoms with Crippen molar-refractivity contribution >= 4 is 32.6 Å². The van der Waals surface area contributed by atoms with Crippen LogP contribution in [0.15, 0.2) is 18.2 Å². The summed E-state index contributed by atoms with van der Waals surface area (Å²) < 4.78 is 1.22. The van der Waals surface area contributed by atoms with Gasteiger partial charge in [0.05, 0.1) is 16.1 Å². The number of thiazole rings is 1. The van der Waals surface area contributed by atoms with E-state index in [1.54, 1.807) is 11.3 Å². The highest BCUT2D eigenvalue weighted by Crippen LogP contribution is 2.33. The molecule has 0 saturated carbocycles. The molecular weight excluding hydrogens is 294 g/mol. The average Bonchev–Trinajstić information content (AvgIpc) is 2.84. The molecular formula is C17H23N3OS. The van der Waals surface area contributed by atoms with E-state index in [1.807, 2.05) is 0 Å². The summed E-state index contributed by atoms with van der Waals surface area (Å²) in [5.74, 6) is 0.319. The Bertz CT molecular complexity index is 661. The number of hydrogen-bond acceptors (Lipinski definition) is 4. The number of nitrogens with one attached hydrogen (secondary N) is 1. The predicted octanol–water partition coefficient (Wildman–Crippen LogP) is 3.35. The molecule has 22 heavy (non-hydrogen) atoms. The Morgan fingerprint density at radius 2 is 2.23 bits per heavy atom. The molecule has 0 aliphatic carbocycles. The number of aryl methyl sites for hydroxylation is 1. The normalized spacial score (nSPS) is 15.1. The van der Waals surface area contributed by atoms with E-state index in [0.717, 1.165) is 36.7 Å². The second kappa shape index (κ2) is 6.65. The van der Waals surface area contributed by atoms with Gasteiger partial charge in [-0.15, -0.1) is 0 Å². The number of aromatic nitrogens is 1. The third kappa shape index (κ3) is 3.24. The van der Waals surface area contributed by atoms with Gasteiger partial charge >= 0.3 is 0 Å². The second-order valence-electron chi connectivity index (χ2n) is 6.07. The Kier molecular flexibility index (Phi) is 4.62. The van der Waals surface area contributed by atoms with Crippen molar-refractivity contribution < 1.29 is 4.79 Å². The Morgan fingerprint density at radius 3 is 3.00 bits per heavy atom. The molecule has 0 bridgehead atoms. The van der Waals surface area contributed by atoms with E-state index >= 15 is 0 Å². The van der Waals surface area contributed by atoms with Gasteiger partial charge in [-0.2, -0.15) is 0 Å². The molecule has 0 unspecified atom stereocenters. The lowest BCUT2D eigenvalue weighted by atomic mass is 10.00. The zero-order chi connectivity index (χ0) is 15.5. The first kappa shape index (κ1) is 15.3. The van der Waals surface area contributed by atoms with Gasteiger partial charge in [-0.1, -0.05) is 37.2 Å². The molecule has 2 heterocycles. The number of unbranched alkanes of at least 4 members (excludes halogenated alkanes) is 2. The van der Waals surface area contributed by atoms with E-state index in [-0.39, 0.29) is 11.8 Å². The smallest absolute Gasteiger partial charge is 0.226 e. The maximum Gasteiger partial charge on any atom is 0.226 e. The Morgan fingerprint density at radius 1 is 1.41 bits per heavy atom. The number of anilines is 1. The number of hydrogen-bond donors (Lipinski definition) is 1. The number of nitrogens with zero attached hydrogens (tertiary/aromatic N) is 2. The first-order valence-electron chi connectivity index (χ1n) is 8.07. The van der Waals surface area contributed by atoms with E-state index in [2.05, 4.69) is 47.2 Å². The number of benzene rings is 1. The molecule has 5 heteroatoms. The molecule has 1 aliphatic heterocycles. The highest BCUT2D eigenvalue weighted by atomic mass is 32.1. The van der Waals surface area contributed by atoms with Gasteiger partial charge in [-0.3, -0.25) is 4.79 Å². The fourth-order valence-corrected chi connectivity index (χ4v) is 3.77. The third-order valence-corrected chi connectivity index (χ3v) is 5.21. The van der Waals surface area contributed by atoms with Crippen molar-refractivity contribution in [1.82, 2.24) is 10.3 Å². The summed E-state index contributed by atoms with van der Waals surface area (Å²) in [7, 11) is 0. The van der Waals surface area contributed by atoms with Crippen LogP contribution in [0.1, 0.15) is 31.7 Å². The first-order chi connectivity index (χ1) is 10.7. The molecule has 1 aliphatic rings. The van der Waals surface area contributed by atoms with E-state index < -0.39 is 0 Å². The van der Waals surface area contributed by atoms with E-state index in [4.69, 9.17) is 0 Å². The Labute approximate surface area is 135 Å². The second-order valence-corrected chi connectivity index (χ2v) is 7.08. The van der Waals surface area contributed by atoms with Gasteiger partial charge in [0.1, 0.15) is 0 Å². The van der Waals surface area contributed by atoms with Gasteiger partial charge in [0.25, 0.3) is 0 Å². The van der Waals surface area contributed by atoms with E-state index in [0.29, 0.717) is 0 Å². The van der Waals surface area contributed by atoms with Crippen LogP contribution in [0.5, 0.6) is 0 Å². The minimum atomic E-state index is 0.121. The van der Waals surface area contributed by atoms with Crippen LogP contribution in [-0.4, -0.2) is 30.5 Å². The van der Waals surface area contributed by atoms with Crippen molar-refractivity contribution in [3.63, 3.8) is 0 Å². The van der Waals surface area contributed by atoms with Gasteiger partial charge in [-0.05, 0) is 31.0 Å². The number of carbonyl (C=O) groups is 1. The molecule has 1 aromatic heterocycles. The van der Waals surface area contributed by atoms with Gasteiger partial charge in [0.2, 0.25) is 5.91 Å². The lowest BCUT2D eigenvalue weighted by Gasteiger charge is -2.37. The van der Waals surface area contributed by atoms with Crippen LogP contribution in [0.25, 0.3) is 10.2 Å². The SMILES string of the molecule is CCCCCNC(=O)C1CN(c2nc3ccc(C)cc3s2)C1. The van der Waals surface area contributed by atoms with Crippen LogP contribution in [-0.2, 0) is 4.79 Å². The number of fused-ring (bicyclic) bond motifs is 1. The van der Waals surface area contributed by atoms with Crippen molar-refractivity contribution in [2.24, 2.45) is 5.92 Å². The quantitative estimate of drug-likeness (QED) is 0.831. The maximum atomic E-state index is 12.0. The number of amides is 1. The first-order valence-corrected chi connectivity index (χ1v) is 8.89. The van der Waals surface area contributed by atoms with Crippen LogP contribution >= 0.6 is 11.3 Å². The minimum Gasteiger partial charge on any atom is -0.356 e. The summed E-state index contributed by atoms with van der Waals surface area (Å²) >= 11 is 1.72. The molecule has 0 radical (unpaired) electrons. The molecule has 1 amide bonds. The third-order valence-electron chi connectivity index (χ3n) is 4.14. The van der Waals surface area contributed by atoms with Crippen molar-refractivity contribution in [3.05, 3.63) is 23.8 Å². The lowest BCUT2D eigenvalue weighted by molar-refractivity contribution is -0.125. The van der Waals surface area contributed by atoms with Crippen molar-refractivity contribution in [3.8, 4) is 0 Å². The van der Waals surface area contributed by atoms with Crippen LogP contribution < -0.4 is 10.2 Å². The zero-order valence-electron chi connectivity index (χ0n) is 13.3. The fourth-order valence-electron chi connectivity index (χ4n) is 2.69. The maximum absolute atomic E-state index is 12.0. The van der Waals surface area contributed by atoms with Crippen molar-refractivity contribution in [1.29, 1.82) is 0 Å². The van der Waals surface area contributed by atoms with Crippen LogP contribution in [0.4, 0.5) is 5.13 Å². The summed E-state index contributed by atoms with van der Waals surface area (Å²) in [5.41, 5.74) is 2.31. The van der Waals surface area contributed by atoms with Gasteiger partial charge in [0, 0.05) is 19.6 Å². The molecule has 1 saturated heterocycles. The highest BCUT2D eigenvalue weighted by Gasteiger charge is 2.34. The summed E-state index contributed by atoms with van der Waals surface area (Å²) in [6.07, 6.45) is 3.45. The molecule has 0 spiro atoms. The van der Waals surface area contributed by atoms with Gasteiger partial charge in [-0.25, -0.2) is 4.98 Å².